The van der Waals surface area contributed by atoms with Gasteiger partial charge in [0, 0.05) is 16.3 Å². The van der Waals surface area contributed by atoms with Crippen molar-refractivity contribution in [3.63, 3.8) is 0 Å². The molecule has 0 fully saturated rings. The van der Waals surface area contributed by atoms with Crippen LogP contribution in [-0.4, -0.2) is 16.4 Å². The molecular formula is C16H9Cl2F6N3OS. The molecule has 0 radical (unpaired) electrons. The fourth-order valence-electron chi connectivity index (χ4n) is 2.03. The Hall–Kier alpha value is -2.24. The molecule has 0 unspecified atom stereocenters. The molecule has 0 aliphatic carbocycles. The highest BCUT2D eigenvalue weighted by molar-refractivity contribution is 7.80. The van der Waals surface area contributed by atoms with E-state index in [0.29, 0.717) is 12.1 Å². The number of hydrazone groups is 1. The van der Waals surface area contributed by atoms with E-state index >= 15 is 0 Å². The number of anilines is 1. The maximum Gasteiger partial charge on any atom is 0.416 e. The molecule has 29 heavy (non-hydrogen) atoms. The van der Waals surface area contributed by atoms with Crippen LogP contribution in [0.25, 0.3) is 0 Å². The minimum absolute atomic E-state index is 0.00846. The maximum atomic E-state index is 12.9. The van der Waals surface area contributed by atoms with Gasteiger partial charge in [0.1, 0.15) is 5.75 Å². The minimum atomic E-state index is -4.99. The lowest BCUT2D eigenvalue weighted by molar-refractivity contribution is -0.143. The molecule has 0 atom stereocenters. The van der Waals surface area contributed by atoms with Crippen LogP contribution in [0.4, 0.5) is 32.0 Å². The van der Waals surface area contributed by atoms with E-state index in [1.807, 2.05) is 0 Å². The number of halogens is 8. The fourth-order valence-corrected chi connectivity index (χ4v) is 2.71. The normalized spacial score (nSPS) is 12.3. The highest BCUT2D eigenvalue weighted by atomic mass is 35.5. The highest BCUT2D eigenvalue weighted by Crippen LogP contribution is 2.37. The van der Waals surface area contributed by atoms with E-state index in [9.17, 15) is 31.4 Å². The molecule has 4 nitrogen and oxygen atoms in total. The van der Waals surface area contributed by atoms with Crippen molar-refractivity contribution in [2.24, 2.45) is 5.10 Å². The number of thiocarbonyl (C=S) groups is 1. The zero-order chi connectivity index (χ0) is 22.0. The molecule has 0 aromatic heterocycles. The molecule has 13 heteroatoms. The van der Waals surface area contributed by atoms with E-state index in [0.717, 1.165) is 6.21 Å². The van der Waals surface area contributed by atoms with Crippen LogP contribution in [0.15, 0.2) is 35.4 Å². The largest absolute Gasteiger partial charge is 0.506 e. The highest BCUT2D eigenvalue weighted by Gasteiger charge is 2.37. The number of rotatable bonds is 3. The average Bonchev–Trinajstić information content (AvgIpc) is 2.57. The molecule has 0 bridgehead atoms. The Kier molecular flexibility index (Phi) is 6.86. The van der Waals surface area contributed by atoms with Gasteiger partial charge >= 0.3 is 12.4 Å². The molecule has 0 spiro atoms. The van der Waals surface area contributed by atoms with Crippen molar-refractivity contribution in [3.8, 4) is 5.75 Å². The maximum absolute atomic E-state index is 12.9. The van der Waals surface area contributed by atoms with Gasteiger partial charge in [-0.25, -0.2) is 0 Å². The number of aromatic hydroxyl groups is 1. The lowest BCUT2D eigenvalue weighted by Gasteiger charge is -2.15. The van der Waals surface area contributed by atoms with Gasteiger partial charge in [0.25, 0.3) is 0 Å². The van der Waals surface area contributed by atoms with Crippen molar-refractivity contribution in [1.29, 1.82) is 0 Å². The number of hydrogen-bond acceptors (Lipinski definition) is 3. The molecular weight excluding hydrogens is 467 g/mol. The molecule has 3 N–H and O–H groups in total. The summed E-state index contributed by atoms with van der Waals surface area (Å²) in [5, 5.41) is 15.3. The zero-order valence-electron chi connectivity index (χ0n) is 13.8. The van der Waals surface area contributed by atoms with Crippen LogP contribution in [0.3, 0.4) is 0 Å². The summed E-state index contributed by atoms with van der Waals surface area (Å²) in [6.07, 6.45) is -8.93. The van der Waals surface area contributed by atoms with Gasteiger partial charge in [-0.3, -0.25) is 5.43 Å². The van der Waals surface area contributed by atoms with Gasteiger partial charge in [-0.1, -0.05) is 23.2 Å². The van der Waals surface area contributed by atoms with Crippen molar-refractivity contribution in [2.75, 3.05) is 5.32 Å². The average molecular weight is 476 g/mol. The van der Waals surface area contributed by atoms with Crippen molar-refractivity contribution < 1.29 is 31.4 Å². The predicted molar refractivity (Wildman–Crippen MR) is 102 cm³/mol. The molecule has 0 heterocycles. The van der Waals surface area contributed by atoms with Crippen molar-refractivity contribution in [1.82, 2.24) is 5.43 Å². The van der Waals surface area contributed by atoms with E-state index in [4.69, 9.17) is 35.4 Å². The van der Waals surface area contributed by atoms with Crippen LogP contribution in [0, 0.1) is 0 Å². The van der Waals surface area contributed by atoms with E-state index in [-0.39, 0.29) is 27.4 Å². The Labute approximate surface area is 175 Å². The Morgan fingerprint density at radius 3 is 2.03 bits per heavy atom. The first kappa shape index (κ1) is 23.0. The number of phenols is 1. The smallest absolute Gasteiger partial charge is 0.416 e. The zero-order valence-corrected chi connectivity index (χ0v) is 16.1. The summed E-state index contributed by atoms with van der Waals surface area (Å²) in [5.41, 5.74) is -1.26. The Bertz CT molecular complexity index is 931. The second-order valence-electron chi connectivity index (χ2n) is 5.44. The van der Waals surface area contributed by atoms with Crippen LogP contribution >= 0.6 is 35.4 Å². The number of nitrogens with zero attached hydrogens (tertiary/aromatic N) is 1. The summed E-state index contributed by atoms with van der Waals surface area (Å²) in [6, 6.07) is 3.52. The molecule has 0 amide bonds. The molecule has 0 aliphatic heterocycles. The Morgan fingerprint density at radius 2 is 1.52 bits per heavy atom. The molecule has 156 valence electrons. The monoisotopic (exact) mass is 475 g/mol. The molecule has 0 aliphatic rings. The van der Waals surface area contributed by atoms with Gasteiger partial charge in [-0.05, 0) is 42.5 Å². The van der Waals surface area contributed by atoms with Crippen LogP contribution < -0.4 is 10.7 Å². The quantitative estimate of drug-likeness (QED) is 0.218. The first-order valence-electron chi connectivity index (χ1n) is 7.35. The standard InChI is InChI=1S/C16H9Cl2F6N3OS/c17-10-1-7(13(28)12(18)5-10)6-25-27-14(29)26-11-3-8(15(19,20)21)2-9(4-11)16(22,23)24/h1-6,28H,(H2,26,27,29). The van der Waals surface area contributed by atoms with Gasteiger partial charge in [0.2, 0.25) is 0 Å². The fraction of sp³-hybridized carbons (Fsp3) is 0.125. The third-order valence-electron chi connectivity index (χ3n) is 3.27. The third kappa shape index (κ3) is 6.38. The van der Waals surface area contributed by atoms with E-state index in [1.54, 1.807) is 0 Å². The summed E-state index contributed by atoms with van der Waals surface area (Å²) >= 11 is 16.3. The van der Waals surface area contributed by atoms with Crippen molar-refractivity contribution in [2.45, 2.75) is 12.4 Å². The van der Waals surface area contributed by atoms with Gasteiger partial charge < -0.3 is 10.4 Å². The van der Waals surface area contributed by atoms with E-state index in [2.05, 4.69) is 15.8 Å². The summed E-state index contributed by atoms with van der Waals surface area (Å²) in [5.74, 6) is -0.340. The Balaban J connectivity index is 2.18. The van der Waals surface area contributed by atoms with Gasteiger partial charge in [-0.2, -0.15) is 31.4 Å². The van der Waals surface area contributed by atoms with Crippen LogP contribution in [0.5, 0.6) is 5.75 Å². The number of benzene rings is 2. The molecule has 0 saturated heterocycles. The lowest BCUT2D eigenvalue weighted by Crippen LogP contribution is -2.24. The summed E-state index contributed by atoms with van der Waals surface area (Å²) in [4.78, 5) is 0. The van der Waals surface area contributed by atoms with Crippen LogP contribution in [-0.2, 0) is 12.4 Å². The Morgan fingerprint density at radius 1 is 0.966 bits per heavy atom. The van der Waals surface area contributed by atoms with Gasteiger partial charge in [0.05, 0.1) is 22.4 Å². The number of phenolic OH excluding ortho intramolecular Hbond substituents is 1. The summed E-state index contributed by atoms with van der Waals surface area (Å²) in [6.45, 7) is 0. The van der Waals surface area contributed by atoms with Gasteiger partial charge in [-0.15, -0.1) is 0 Å². The lowest BCUT2D eigenvalue weighted by atomic mass is 10.1. The SMILES string of the molecule is Oc1c(Cl)cc(Cl)cc1C=NNC(=S)Nc1cc(C(F)(F)F)cc(C(F)(F)F)c1. The van der Waals surface area contributed by atoms with Gasteiger partial charge in [0.15, 0.2) is 5.11 Å². The third-order valence-corrected chi connectivity index (χ3v) is 3.97. The predicted octanol–water partition coefficient (Wildman–Crippen LogP) is 6.06. The van der Waals surface area contributed by atoms with Crippen LogP contribution in [0.2, 0.25) is 10.0 Å². The topological polar surface area (TPSA) is 56.7 Å². The number of hydrogen-bond donors (Lipinski definition) is 3. The van der Waals surface area contributed by atoms with Crippen LogP contribution in [0.1, 0.15) is 16.7 Å². The first-order valence-corrected chi connectivity index (χ1v) is 8.51. The molecule has 2 aromatic carbocycles. The number of alkyl halides is 6. The molecule has 0 saturated carbocycles. The minimum Gasteiger partial charge on any atom is -0.506 e. The summed E-state index contributed by atoms with van der Waals surface area (Å²) in [7, 11) is 0. The van der Waals surface area contributed by atoms with E-state index in [1.165, 1.54) is 12.1 Å². The summed E-state index contributed by atoms with van der Waals surface area (Å²) < 4.78 is 77.1. The second kappa shape index (κ2) is 8.64. The molecule has 2 aromatic rings. The molecule has 2 rings (SSSR count). The second-order valence-corrected chi connectivity index (χ2v) is 6.70. The van der Waals surface area contributed by atoms with Crippen molar-refractivity contribution in [3.05, 3.63) is 57.1 Å². The number of nitrogens with one attached hydrogen (secondary N) is 2. The van der Waals surface area contributed by atoms with Crippen molar-refractivity contribution >= 4 is 52.4 Å². The van der Waals surface area contributed by atoms with E-state index < -0.39 is 34.3 Å². The first-order chi connectivity index (χ1) is 13.3.